The predicted octanol–water partition coefficient (Wildman–Crippen LogP) is 4.32. The fourth-order valence-corrected chi connectivity index (χ4v) is 2.08. The third-order valence-corrected chi connectivity index (χ3v) is 3.20. The van der Waals surface area contributed by atoms with Crippen LogP contribution in [0.4, 0.5) is 4.39 Å². The van der Waals surface area contributed by atoms with Gasteiger partial charge in [-0.3, -0.25) is 0 Å². The molecule has 0 spiro atoms. The van der Waals surface area contributed by atoms with Gasteiger partial charge in [0.15, 0.2) is 0 Å². The molecule has 1 aromatic carbocycles. The first kappa shape index (κ1) is 14.7. The molecule has 0 aromatic heterocycles. The first-order valence-electron chi connectivity index (χ1n) is 5.82. The maximum Gasteiger partial charge on any atom is 0.146 e. The van der Waals surface area contributed by atoms with E-state index in [1.165, 1.54) is 0 Å². The Morgan fingerprint density at radius 2 is 2.00 bits per heavy atom. The SMILES string of the molecule is CN(CCCCCCl)Cc1cccc(Cl)c1F. The molecular weight excluding hydrogens is 260 g/mol. The van der Waals surface area contributed by atoms with Crippen molar-refractivity contribution in [1.82, 2.24) is 4.90 Å². The molecule has 0 fully saturated rings. The monoisotopic (exact) mass is 277 g/mol. The molecule has 4 heteroatoms. The molecule has 0 bridgehead atoms. The van der Waals surface area contributed by atoms with Crippen LogP contribution in [0.3, 0.4) is 0 Å². The smallest absolute Gasteiger partial charge is 0.146 e. The highest BCUT2D eigenvalue weighted by Gasteiger charge is 2.08. The molecule has 96 valence electrons. The predicted molar refractivity (Wildman–Crippen MR) is 72.3 cm³/mol. The van der Waals surface area contributed by atoms with Crippen LogP contribution in [0.15, 0.2) is 18.2 Å². The zero-order chi connectivity index (χ0) is 12.7. The zero-order valence-electron chi connectivity index (χ0n) is 10.1. The Bertz CT molecular complexity index is 344. The van der Waals surface area contributed by atoms with Gasteiger partial charge < -0.3 is 4.90 Å². The molecule has 0 unspecified atom stereocenters. The van der Waals surface area contributed by atoms with Gasteiger partial charge in [0, 0.05) is 18.0 Å². The number of alkyl halides is 1. The van der Waals surface area contributed by atoms with E-state index < -0.39 is 0 Å². The molecule has 0 aliphatic carbocycles. The van der Waals surface area contributed by atoms with Crippen molar-refractivity contribution < 1.29 is 4.39 Å². The van der Waals surface area contributed by atoms with Gasteiger partial charge in [-0.25, -0.2) is 4.39 Å². The molecule has 0 saturated heterocycles. The number of nitrogens with zero attached hydrogens (tertiary/aromatic N) is 1. The lowest BCUT2D eigenvalue weighted by Gasteiger charge is -2.17. The van der Waals surface area contributed by atoms with Gasteiger partial charge in [0.25, 0.3) is 0 Å². The van der Waals surface area contributed by atoms with Crippen molar-refractivity contribution in [3.05, 3.63) is 34.6 Å². The first-order valence-corrected chi connectivity index (χ1v) is 6.73. The van der Waals surface area contributed by atoms with Crippen LogP contribution in [-0.4, -0.2) is 24.4 Å². The van der Waals surface area contributed by atoms with E-state index in [4.69, 9.17) is 23.2 Å². The zero-order valence-corrected chi connectivity index (χ0v) is 11.6. The van der Waals surface area contributed by atoms with Crippen LogP contribution >= 0.6 is 23.2 Å². The molecule has 1 rings (SSSR count). The normalized spacial score (nSPS) is 11.1. The van der Waals surface area contributed by atoms with Gasteiger partial charge in [-0.2, -0.15) is 0 Å². The lowest BCUT2D eigenvalue weighted by molar-refractivity contribution is 0.313. The number of rotatable bonds is 7. The minimum atomic E-state index is -0.304. The quantitative estimate of drug-likeness (QED) is 0.530. The average molecular weight is 278 g/mol. The summed E-state index contributed by atoms with van der Waals surface area (Å²) in [6.45, 7) is 1.54. The number of benzene rings is 1. The van der Waals surface area contributed by atoms with Crippen LogP contribution in [0.1, 0.15) is 24.8 Å². The molecule has 0 aliphatic heterocycles. The molecule has 0 amide bonds. The summed E-state index contributed by atoms with van der Waals surface area (Å²) in [6, 6.07) is 5.12. The van der Waals surface area contributed by atoms with Crippen LogP contribution in [0, 0.1) is 5.82 Å². The Balaban J connectivity index is 2.39. The second-order valence-corrected chi connectivity index (χ2v) is 4.99. The topological polar surface area (TPSA) is 3.24 Å². The van der Waals surface area contributed by atoms with E-state index in [-0.39, 0.29) is 10.8 Å². The van der Waals surface area contributed by atoms with Gasteiger partial charge >= 0.3 is 0 Å². The molecular formula is C13H18Cl2FN. The summed E-state index contributed by atoms with van der Waals surface area (Å²) in [5, 5.41) is 0.193. The molecule has 17 heavy (non-hydrogen) atoms. The summed E-state index contributed by atoms with van der Waals surface area (Å²) in [5.74, 6) is 0.411. The molecule has 0 aliphatic rings. The molecule has 0 heterocycles. The molecule has 0 atom stereocenters. The largest absolute Gasteiger partial charge is 0.302 e. The second-order valence-electron chi connectivity index (χ2n) is 4.20. The highest BCUT2D eigenvalue weighted by Crippen LogP contribution is 2.19. The van der Waals surface area contributed by atoms with Crippen molar-refractivity contribution in [2.75, 3.05) is 19.5 Å². The minimum Gasteiger partial charge on any atom is -0.302 e. The summed E-state index contributed by atoms with van der Waals surface area (Å²) in [5.41, 5.74) is 0.650. The fourth-order valence-electron chi connectivity index (χ4n) is 1.69. The van der Waals surface area contributed by atoms with Crippen LogP contribution in [-0.2, 0) is 6.54 Å². The maximum absolute atomic E-state index is 13.6. The Morgan fingerprint density at radius 3 is 2.71 bits per heavy atom. The minimum absolute atomic E-state index is 0.193. The molecule has 0 N–H and O–H groups in total. The summed E-state index contributed by atoms with van der Waals surface area (Å²) < 4.78 is 13.6. The third-order valence-electron chi connectivity index (χ3n) is 2.65. The van der Waals surface area contributed by atoms with E-state index in [0.717, 1.165) is 25.8 Å². The van der Waals surface area contributed by atoms with E-state index >= 15 is 0 Å². The van der Waals surface area contributed by atoms with E-state index in [0.29, 0.717) is 18.0 Å². The summed E-state index contributed by atoms with van der Waals surface area (Å²) in [4.78, 5) is 2.10. The van der Waals surface area contributed by atoms with Gasteiger partial charge in [-0.05, 0) is 32.5 Å². The molecule has 1 nitrogen and oxygen atoms in total. The summed E-state index contributed by atoms with van der Waals surface area (Å²) >= 11 is 11.3. The van der Waals surface area contributed by atoms with E-state index in [2.05, 4.69) is 4.90 Å². The van der Waals surface area contributed by atoms with Crippen molar-refractivity contribution >= 4 is 23.2 Å². The molecule has 0 saturated carbocycles. The van der Waals surface area contributed by atoms with E-state index in [9.17, 15) is 4.39 Å². The highest BCUT2D eigenvalue weighted by atomic mass is 35.5. The Morgan fingerprint density at radius 1 is 1.24 bits per heavy atom. The van der Waals surface area contributed by atoms with Crippen molar-refractivity contribution in [3.8, 4) is 0 Å². The highest BCUT2D eigenvalue weighted by molar-refractivity contribution is 6.30. The number of hydrogen-bond acceptors (Lipinski definition) is 1. The number of halogens is 3. The van der Waals surface area contributed by atoms with Crippen molar-refractivity contribution in [2.45, 2.75) is 25.8 Å². The second kappa shape index (κ2) is 7.91. The van der Waals surface area contributed by atoms with Crippen LogP contribution in [0.5, 0.6) is 0 Å². The maximum atomic E-state index is 13.6. The van der Waals surface area contributed by atoms with Gasteiger partial charge in [0.05, 0.1) is 5.02 Å². The number of unbranched alkanes of at least 4 members (excludes halogenated alkanes) is 2. The van der Waals surface area contributed by atoms with Crippen LogP contribution in [0.25, 0.3) is 0 Å². The van der Waals surface area contributed by atoms with Gasteiger partial charge in [-0.1, -0.05) is 30.2 Å². The average Bonchev–Trinajstić information content (AvgIpc) is 2.31. The van der Waals surface area contributed by atoms with Crippen molar-refractivity contribution in [2.24, 2.45) is 0 Å². The van der Waals surface area contributed by atoms with E-state index in [1.807, 2.05) is 7.05 Å². The lowest BCUT2D eigenvalue weighted by atomic mass is 10.2. The van der Waals surface area contributed by atoms with Gasteiger partial charge in [0.2, 0.25) is 0 Å². The van der Waals surface area contributed by atoms with E-state index in [1.54, 1.807) is 18.2 Å². The van der Waals surface area contributed by atoms with Crippen molar-refractivity contribution in [3.63, 3.8) is 0 Å². The summed E-state index contributed by atoms with van der Waals surface area (Å²) in [6.07, 6.45) is 3.25. The lowest BCUT2D eigenvalue weighted by Crippen LogP contribution is -2.19. The first-order chi connectivity index (χ1) is 8.15. The molecule has 0 radical (unpaired) electrons. The fraction of sp³-hybridized carbons (Fsp3) is 0.538. The Hall–Kier alpha value is -0.310. The number of hydrogen-bond donors (Lipinski definition) is 0. The Kier molecular flexibility index (Phi) is 6.86. The van der Waals surface area contributed by atoms with Crippen LogP contribution < -0.4 is 0 Å². The third kappa shape index (κ3) is 5.24. The van der Waals surface area contributed by atoms with Crippen molar-refractivity contribution in [1.29, 1.82) is 0 Å². The molecule has 1 aromatic rings. The van der Waals surface area contributed by atoms with Crippen LogP contribution in [0.2, 0.25) is 5.02 Å². The Labute approximate surface area is 113 Å². The standard InChI is InChI=1S/C13H18Cl2FN/c1-17(9-4-2-3-8-14)10-11-6-5-7-12(15)13(11)16/h5-7H,2-4,8-10H2,1H3. The van der Waals surface area contributed by atoms with Gasteiger partial charge in [0.1, 0.15) is 5.82 Å². The summed E-state index contributed by atoms with van der Waals surface area (Å²) in [7, 11) is 1.99. The van der Waals surface area contributed by atoms with Gasteiger partial charge in [-0.15, -0.1) is 11.6 Å².